The summed E-state index contributed by atoms with van der Waals surface area (Å²) in [5.41, 5.74) is 12.9. The van der Waals surface area contributed by atoms with Gasteiger partial charge in [0.05, 0.1) is 0 Å². The van der Waals surface area contributed by atoms with Crippen LogP contribution in [0.4, 0.5) is 0 Å². The van der Waals surface area contributed by atoms with Gasteiger partial charge in [-0.05, 0) is 79.6 Å². The van der Waals surface area contributed by atoms with Crippen LogP contribution in [0, 0.1) is 6.92 Å². The zero-order valence-electron chi connectivity index (χ0n) is 19.5. The Balaban J connectivity index is 0.00000133. The molecule has 0 spiro atoms. The van der Waals surface area contributed by atoms with Crippen LogP contribution >= 0.6 is 0 Å². The molecule has 0 unspecified atom stereocenters. The van der Waals surface area contributed by atoms with Gasteiger partial charge in [0, 0.05) is 27.9 Å². The van der Waals surface area contributed by atoms with Crippen LogP contribution in [0.2, 0.25) is 0 Å². The van der Waals surface area contributed by atoms with Crippen LogP contribution in [-0.4, -0.2) is 17.9 Å². The molecule has 0 radical (unpaired) electrons. The summed E-state index contributed by atoms with van der Waals surface area (Å²) in [4.78, 5) is 16.1. The largest absolute Gasteiger partial charge is 0.355 e. The molecule has 0 fully saturated rings. The lowest BCUT2D eigenvalue weighted by molar-refractivity contribution is 0.0967. The van der Waals surface area contributed by atoms with E-state index in [1.54, 1.807) is 0 Å². The van der Waals surface area contributed by atoms with Crippen LogP contribution < -0.4 is 11.1 Å². The lowest BCUT2D eigenvalue weighted by Gasteiger charge is -2.05. The number of aromatic nitrogens is 1. The number of fused-ring (bicyclic) bond motifs is 1. The second-order valence-corrected chi connectivity index (χ2v) is 8.09. The monoisotopic (exact) mass is 447 g/mol. The molecule has 4 aromatic rings. The minimum Gasteiger partial charge on any atom is -0.355 e. The molecule has 1 heterocycles. The number of carbonyl (C=O) groups is 1. The Hall–Kier alpha value is -4.15. The number of allylic oxidation sites excluding steroid dienone is 5. The van der Waals surface area contributed by atoms with Crippen LogP contribution in [0.1, 0.15) is 28.0 Å². The zero-order chi connectivity index (χ0) is 23.9. The van der Waals surface area contributed by atoms with Crippen molar-refractivity contribution in [2.75, 3.05) is 7.05 Å². The van der Waals surface area contributed by atoms with Crippen LogP contribution in [-0.2, 0) is 0 Å². The summed E-state index contributed by atoms with van der Waals surface area (Å²) in [6.45, 7) is 2.01. The van der Waals surface area contributed by atoms with Gasteiger partial charge >= 0.3 is 0 Å². The Morgan fingerprint density at radius 3 is 2.41 bits per heavy atom. The average molecular weight is 448 g/mol. The summed E-state index contributed by atoms with van der Waals surface area (Å²) in [6, 6.07) is 26.7. The predicted molar refractivity (Wildman–Crippen MR) is 142 cm³/mol. The molecule has 4 N–H and O–H groups in total. The van der Waals surface area contributed by atoms with Gasteiger partial charge in [-0.25, -0.2) is 0 Å². The molecule has 0 saturated carbocycles. The number of aryl methyl sites for hydroxylation is 1. The van der Waals surface area contributed by atoms with Crippen molar-refractivity contribution in [2.24, 2.45) is 5.73 Å². The second kappa shape index (κ2) is 10.6. The van der Waals surface area contributed by atoms with Crippen molar-refractivity contribution in [3.8, 4) is 11.1 Å². The standard InChI is InChI=1S/C29H24N2O.CH5N/c1-20-10-12-23(13-11-20)29(32)30-26-9-5-8-22(14-16-26)28-19-25-18-24(15-17-27(25)31-28)21-6-3-2-4-7-21;1-2/h2-7,9-19,31H,8H2,1H3,(H,30,32);2H2,1H3. The molecule has 1 aromatic heterocycles. The summed E-state index contributed by atoms with van der Waals surface area (Å²) in [5, 5.41) is 4.19. The van der Waals surface area contributed by atoms with Gasteiger partial charge in [-0.2, -0.15) is 0 Å². The first-order valence-corrected chi connectivity index (χ1v) is 11.4. The Kier molecular flexibility index (Phi) is 7.21. The van der Waals surface area contributed by atoms with Crippen LogP contribution in [0.15, 0.2) is 109 Å². The fourth-order valence-corrected chi connectivity index (χ4v) is 3.93. The molecule has 5 rings (SSSR count). The average Bonchev–Trinajstić information content (AvgIpc) is 3.17. The van der Waals surface area contributed by atoms with E-state index in [1.165, 1.54) is 29.1 Å². The number of nitrogens with two attached hydrogens (primary N) is 1. The molecule has 34 heavy (non-hydrogen) atoms. The highest BCUT2D eigenvalue weighted by atomic mass is 16.1. The summed E-state index contributed by atoms with van der Waals surface area (Å²) in [5.74, 6) is -0.100. The molecule has 3 aromatic carbocycles. The van der Waals surface area contributed by atoms with E-state index in [-0.39, 0.29) is 5.91 Å². The lowest BCUT2D eigenvalue weighted by atomic mass is 10.0. The van der Waals surface area contributed by atoms with Crippen molar-refractivity contribution >= 4 is 22.4 Å². The van der Waals surface area contributed by atoms with Crippen molar-refractivity contribution in [3.05, 3.63) is 126 Å². The van der Waals surface area contributed by atoms with E-state index >= 15 is 0 Å². The van der Waals surface area contributed by atoms with E-state index in [9.17, 15) is 4.79 Å². The smallest absolute Gasteiger partial charge is 0.255 e. The highest BCUT2D eigenvalue weighted by molar-refractivity contribution is 5.95. The van der Waals surface area contributed by atoms with E-state index in [0.717, 1.165) is 28.9 Å². The molecule has 170 valence electrons. The summed E-state index contributed by atoms with van der Waals surface area (Å²) < 4.78 is 0. The normalized spacial score (nSPS) is 12.8. The SMILES string of the molecule is CN.Cc1ccc(C(=O)NC2=CC=C(c3cc4cc(-c5ccccc5)ccc4[nH]3)CC=C2)cc1. The quantitative estimate of drug-likeness (QED) is 0.340. The molecular formula is C30H29N3O. The maximum atomic E-state index is 12.5. The molecule has 1 amide bonds. The number of H-pyrrole nitrogens is 1. The van der Waals surface area contributed by atoms with Gasteiger partial charge in [-0.1, -0.05) is 66.2 Å². The second-order valence-electron chi connectivity index (χ2n) is 8.09. The number of hydrogen-bond acceptors (Lipinski definition) is 2. The van der Waals surface area contributed by atoms with Crippen molar-refractivity contribution in [3.63, 3.8) is 0 Å². The molecule has 0 bridgehead atoms. The van der Waals surface area contributed by atoms with Crippen LogP contribution in [0.3, 0.4) is 0 Å². The highest BCUT2D eigenvalue weighted by Gasteiger charge is 2.10. The number of aromatic amines is 1. The van der Waals surface area contributed by atoms with Crippen molar-refractivity contribution in [1.29, 1.82) is 0 Å². The fraction of sp³-hybridized carbons (Fsp3) is 0.100. The van der Waals surface area contributed by atoms with Crippen LogP contribution in [0.5, 0.6) is 0 Å². The van der Waals surface area contributed by atoms with E-state index in [2.05, 4.69) is 76.7 Å². The molecule has 0 aliphatic heterocycles. The third-order valence-electron chi connectivity index (χ3n) is 5.74. The van der Waals surface area contributed by atoms with Gasteiger partial charge in [-0.3, -0.25) is 4.79 Å². The maximum absolute atomic E-state index is 12.5. The number of carbonyl (C=O) groups excluding carboxylic acids is 1. The highest BCUT2D eigenvalue weighted by Crippen LogP contribution is 2.29. The Morgan fingerprint density at radius 2 is 1.65 bits per heavy atom. The third-order valence-corrected chi connectivity index (χ3v) is 5.74. The van der Waals surface area contributed by atoms with E-state index in [1.807, 2.05) is 49.4 Å². The van der Waals surface area contributed by atoms with Crippen molar-refractivity contribution in [2.45, 2.75) is 13.3 Å². The first kappa shape index (κ1) is 23.0. The van der Waals surface area contributed by atoms with Gasteiger partial charge in [0.2, 0.25) is 0 Å². The molecule has 0 atom stereocenters. The Morgan fingerprint density at radius 1 is 0.882 bits per heavy atom. The Bertz CT molecular complexity index is 1370. The number of benzene rings is 3. The van der Waals surface area contributed by atoms with Gasteiger partial charge in [0.15, 0.2) is 0 Å². The minimum absolute atomic E-state index is 0.100. The number of amides is 1. The van der Waals surface area contributed by atoms with Crippen LogP contribution in [0.25, 0.3) is 27.6 Å². The number of hydrogen-bond donors (Lipinski definition) is 3. The number of nitrogens with one attached hydrogen (secondary N) is 2. The Labute approximate surface area is 200 Å². The molecule has 1 aliphatic carbocycles. The lowest BCUT2D eigenvalue weighted by Crippen LogP contribution is -2.21. The zero-order valence-corrected chi connectivity index (χ0v) is 19.5. The first-order valence-electron chi connectivity index (χ1n) is 11.4. The number of rotatable bonds is 4. The molecular weight excluding hydrogens is 418 g/mol. The van der Waals surface area contributed by atoms with Gasteiger partial charge in [0.1, 0.15) is 0 Å². The topological polar surface area (TPSA) is 70.9 Å². The van der Waals surface area contributed by atoms with Gasteiger partial charge < -0.3 is 16.0 Å². The van der Waals surface area contributed by atoms with Gasteiger partial charge in [0.25, 0.3) is 5.91 Å². The molecule has 4 heteroatoms. The summed E-state index contributed by atoms with van der Waals surface area (Å²) >= 11 is 0. The molecule has 0 saturated heterocycles. The third kappa shape index (κ3) is 5.25. The van der Waals surface area contributed by atoms with E-state index in [0.29, 0.717) is 5.56 Å². The summed E-state index contributed by atoms with van der Waals surface area (Å²) in [7, 11) is 1.50. The van der Waals surface area contributed by atoms with Crippen molar-refractivity contribution in [1.82, 2.24) is 10.3 Å². The van der Waals surface area contributed by atoms with E-state index < -0.39 is 0 Å². The predicted octanol–water partition coefficient (Wildman–Crippen LogP) is 6.38. The minimum atomic E-state index is -0.100. The fourth-order valence-electron chi connectivity index (χ4n) is 3.93. The first-order chi connectivity index (χ1) is 16.7. The molecule has 1 aliphatic rings. The van der Waals surface area contributed by atoms with E-state index in [4.69, 9.17) is 0 Å². The molecule has 4 nitrogen and oxygen atoms in total. The van der Waals surface area contributed by atoms with Gasteiger partial charge in [-0.15, -0.1) is 0 Å². The van der Waals surface area contributed by atoms with Crippen molar-refractivity contribution < 1.29 is 4.79 Å². The summed E-state index contributed by atoms with van der Waals surface area (Å²) in [6.07, 6.45) is 8.88. The maximum Gasteiger partial charge on any atom is 0.255 e.